The fourth-order valence-corrected chi connectivity index (χ4v) is 2.23. The Labute approximate surface area is 117 Å². The maximum absolute atomic E-state index is 12.3. The predicted octanol–water partition coefficient (Wildman–Crippen LogP) is 1.24. The van der Waals surface area contributed by atoms with E-state index < -0.39 is 0 Å². The minimum Gasteiger partial charge on any atom is -0.396 e. The number of aryl methyl sites for hydroxylation is 2. The third-order valence-corrected chi connectivity index (χ3v) is 3.33. The van der Waals surface area contributed by atoms with Crippen molar-refractivity contribution in [3.05, 3.63) is 29.2 Å². The van der Waals surface area contributed by atoms with E-state index in [-0.39, 0.29) is 18.6 Å². The zero-order chi connectivity index (χ0) is 14.7. The van der Waals surface area contributed by atoms with Crippen LogP contribution in [0.4, 0.5) is 0 Å². The summed E-state index contributed by atoms with van der Waals surface area (Å²) in [4.78, 5) is 16.7. The van der Waals surface area contributed by atoms with E-state index in [0.29, 0.717) is 17.6 Å². The number of hydrogen-bond acceptors (Lipinski definition) is 4. The number of nitrogens with one attached hydrogen (secondary N) is 1. The molecule has 20 heavy (non-hydrogen) atoms. The van der Waals surface area contributed by atoms with Crippen LogP contribution in [0.25, 0.3) is 5.65 Å². The molecule has 0 aromatic carbocycles. The van der Waals surface area contributed by atoms with E-state index in [1.54, 1.807) is 4.52 Å². The van der Waals surface area contributed by atoms with Crippen LogP contribution in [-0.2, 0) is 0 Å². The molecular formula is C14H20N4O2. The zero-order valence-corrected chi connectivity index (χ0v) is 12.1. The van der Waals surface area contributed by atoms with Crippen LogP contribution in [0.1, 0.15) is 41.5 Å². The summed E-state index contributed by atoms with van der Waals surface area (Å²) in [5, 5.41) is 16.1. The van der Waals surface area contributed by atoms with Crippen LogP contribution in [0.2, 0.25) is 0 Å². The van der Waals surface area contributed by atoms with Gasteiger partial charge in [0.15, 0.2) is 5.65 Å². The molecule has 0 fully saturated rings. The van der Waals surface area contributed by atoms with Gasteiger partial charge in [0, 0.05) is 24.0 Å². The van der Waals surface area contributed by atoms with Gasteiger partial charge in [0.05, 0.1) is 6.20 Å². The van der Waals surface area contributed by atoms with Crippen LogP contribution in [-0.4, -0.2) is 38.3 Å². The Bertz CT molecular complexity index is 621. The van der Waals surface area contributed by atoms with Crippen LogP contribution in [0, 0.1) is 13.8 Å². The van der Waals surface area contributed by atoms with Crippen molar-refractivity contribution in [3.63, 3.8) is 0 Å². The van der Waals surface area contributed by atoms with Crippen LogP contribution in [0.5, 0.6) is 0 Å². The van der Waals surface area contributed by atoms with E-state index in [0.717, 1.165) is 17.8 Å². The molecule has 2 aromatic heterocycles. The smallest absolute Gasteiger partial charge is 0.256 e. The quantitative estimate of drug-likeness (QED) is 0.861. The van der Waals surface area contributed by atoms with Crippen molar-refractivity contribution in [2.75, 3.05) is 6.61 Å². The normalized spacial score (nSPS) is 12.6. The minimum absolute atomic E-state index is 0.0339. The minimum atomic E-state index is -0.196. The van der Waals surface area contributed by atoms with E-state index >= 15 is 0 Å². The summed E-state index contributed by atoms with van der Waals surface area (Å²) >= 11 is 0. The van der Waals surface area contributed by atoms with Crippen molar-refractivity contribution >= 4 is 11.6 Å². The van der Waals surface area contributed by atoms with Gasteiger partial charge in [-0.05, 0) is 32.8 Å². The summed E-state index contributed by atoms with van der Waals surface area (Å²) < 4.78 is 1.66. The highest BCUT2D eigenvalue weighted by Crippen LogP contribution is 2.12. The van der Waals surface area contributed by atoms with Crippen LogP contribution >= 0.6 is 0 Å². The molecule has 2 aromatic rings. The Morgan fingerprint density at radius 2 is 2.25 bits per heavy atom. The van der Waals surface area contributed by atoms with E-state index in [1.807, 2.05) is 26.8 Å². The Balaban J connectivity index is 2.31. The molecule has 0 saturated heterocycles. The van der Waals surface area contributed by atoms with Crippen LogP contribution < -0.4 is 5.32 Å². The number of aliphatic hydroxyl groups excluding tert-OH is 1. The largest absolute Gasteiger partial charge is 0.396 e. The number of aliphatic hydroxyl groups is 1. The lowest BCUT2D eigenvalue weighted by atomic mass is 10.1. The molecule has 0 aliphatic carbocycles. The average Bonchev–Trinajstić information content (AvgIpc) is 2.82. The lowest BCUT2D eigenvalue weighted by molar-refractivity contribution is 0.0930. The Hall–Kier alpha value is -1.95. The van der Waals surface area contributed by atoms with Gasteiger partial charge in [-0.1, -0.05) is 6.92 Å². The molecular weight excluding hydrogens is 256 g/mol. The molecule has 0 aliphatic heterocycles. The number of carbonyl (C=O) groups is 1. The van der Waals surface area contributed by atoms with Crippen LogP contribution in [0.15, 0.2) is 12.3 Å². The number of fused-ring (bicyclic) bond motifs is 1. The number of hydrogen-bond donors (Lipinski definition) is 2. The highest BCUT2D eigenvalue weighted by atomic mass is 16.3. The summed E-state index contributed by atoms with van der Waals surface area (Å²) in [6.45, 7) is 5.85. The fourth-order valence-electron chi connectivity index (χ4n) is 2.23. The van der Waals surface area contributed by atoms with Gasteiger partial charge >= 0.3 is 0 Å². The molecule has 2 N–H and O–H groups in total. The average molecular weight is 276 g/mol. The summed E-state index contributed by atoms with van der Waals surface area (Å²) in [5.41, 5.74) is 2.83. The fraction of sp³-hybridized carbons (Fsp3) is 0.500. The molecule has 6 heteroatoms. The number of rotatable bonds is 5. The monoisotopic (exact) mass is 276 g/mol. The highest BCUT2D eigenvalue weighted by Gasteiger charge is 2.18. The zero-order valence-electron chi connectivity index (χ0n) is 12.1. The maximum Gasteiger partial charge on any atom is 0.256 e. The van der Waals surface area contributed by atoms with Gasteiger partial charge in [-0.2, -0.15) is 5.10 Å². The van der Waals surface area contributed by atoms with Crippen molar-refractivity contribution in [2.45, 2.75) is 39.7 Å². The standard InChI is InChI=1S/C14H20N4O2/c1-4-11(5-6-19)17-14(20)12-8-15-18-10(3)7-9(2)16-13(12)18/h7-8,11,19H,4-6H2,1-3H3,(H,17,20). The molecule has 1 amide bonds. The first-order valence-electron chi connectivity index (χ1n) is 6.80. The van der Waals surface area contributed by atoms with Gasteiger partial charge in [0.2, 0.25) is 0 Å². The third kappa shape index (κ3) is 2.80. The SMILES string of the molecule is CCC(CCO)NC(=O)c1cnn2c(C)cc(C)nc12. The number of amides is 1. The van der Waals surface area contributed by atoms with Gasteiger partial charge < -0.3 is 10.4 Å². The summed E-state index contributed by atoms with van der Waals surface area (Å²) in [7, 11) is 0. The molecule has 0 aliphatic rings. The molecule has 0 spiro atoms. The molecule has 2 rings (SSSR count). The third-order valence-electron chi connectivity index (χ3n) is 3.33. The van der Waals surface area contributed by atoms with E-state index in [2.05, 4.69) is 15.4 Å². The summed E-state index contributed by atoms with van der Waals surface area (Å²) in [5.74, 6) is -0.196. The number of nitrogens with zero attached hydrogens (tertiary/aromatic N) is 3. The lowest BCUT2D eigenvalue weighted by Gasteiger charge is -2.15. The van der Waals surface area contributed by atoms with Gasteiger partial charge in [0.25, 0.3) is 5.91 Å². The Morgan fingerprint density at radius 1 is 1.50 bits per heavy atom. The van der Waals surface area contributed by atoms with E-state index in [9.17, 15) is 4.79 Å². The van der Waals surface area contributed by atoms with E-state index in [1.165, 1.54) is 6.20 Å². The van der Waals surface area contributed by atoms with Crippen molar-refractivity contribution in [3.8, 4) is 0 Å². The Morgan fingerprint density at radius 3 is 2.90 bits per heavy atom. The first kappa shape index (κ1) is 14.5. The second-order valence-electron chi connectivity index (χ2n) is 4.92. The summed E-state index contributed by atoms with van der Waals surface area (Å²) in [6.07, 6.45) is 2.86. The topological polar surface area (TPSA) is 79.5 Å². The van der Waals surface area contributed by atoms with E-state index in [4.69, 9.17) is 5.11 Å². The first-order chi connectivity index (χ1) is 9.56. The second kappa shape index (κ2) is 6.00. The molecule has 0 bridgehead atoms. The highest BCUT2D eigenvalue weighted by molar-refractivity contribution is 5.99. The molecule has 0 saturated carbocycles. The maximum atomic E-state index is 12.3. The number of carbonyl (C=O) groups excluding carboxylic acids is 1. The number of aromatic nitrogens is 3. The molecule has 1 unspecified atom stereocenters. The summed E-state index contributed by atoms with van der Waals surface area (Å²) in [6, 6.07) is 1.89. The van der Waals surface area contributed by atoms with Crippen LogP contribution in [0.3, 0.4) is 0 Å². The molecule has 1 atom stereocenters. The molecule has 2 heterocycles. The second-order valence-corrected chi connectivity index (χ2v) is 4.92. The Kier molecular flexibility index (Phi) is 4.34. The van der Waals surface area contributed by atoms with Gasteiger partial charge in [-0.15, -0.1) is 0 Å². The molecule has 6 nitrogen and oxygen atoms in total. The van der Waals surface area contributed by atoms with Gasteiger partial charge in [-0.3, -0.25) is 4.79 Å². The van der Waals surface area contributed by atoms with Crippen molar-refractivity contribution in [1.82, 2.24) is 19.9 Å². The van der Waals surface area contributed by atoms with Gasteiger partial charge in [0.1, 0.15) is 5.56 Å². The van der Waals surface area contributed by atoms with Crippen molar-refractivity contribution < 1.29 is 9.90 Å². The molecule has 108 valence electrons. The van der Waals surface area contributed by atoms with Crippen molar-refractivity contribution in [1.29, 1.82) is 0 Å². The van der Waals surface area contributed by atoms with Crippen molar-refractivity contribution in [2.24, 2.45) is 0 Å². The first-order valence-corrected chi connectivity index (χ1v) is 6.80. The van der Waals surface area contributed by atoms with Gasteiger partial charge in [-0.25, -0.2) is 9.50 Å². The lowest BCUT2D eigenvalue weighted by Crippen LogP contribution is -2.35. The predicted molar refractivity (Wildman–Crippen MR) is 75.7 cm³/mol. The molecule has 0 radical (unpaired) electrons.